The molecule has 1 aromatic carbocycles. The maximum atomic E-state index is 4.55. The van der Waals surface area contributed by atoms with Gasteiger partial charge in [-0.2, -0.15) is 5.10 Å². The van der Waals surface area contributed by atoms with Crippen LogP contribution in [0.25, 0.3) is 0 Å². The van der Waals surface area contributed by atoms with Crippen molar-refractivity contribution >= 4 is 0 Å². The Bertz CT molecular complexity index is 431. The molecule has 2 heteroatoms. The zero-order chi connectivity index (χ0) is 11.9. The predicted molar refractivity (Wildman–Crippen MR) is 71.0 cm³/mol. The largest absolute Gasteiger partial charge is 0.272 e. The van der Waals surface area contributed by atoms with Gasteiger partial charge in [-0.15, -0.1) is 0 Å². The van der Waals surface area contributed by atoms with E-state index >= 15 is 0 Å². The molecular weight excluding hydrogens is 208 g/mol. The molecule has 0 saturated carbocycles. The molecule has 2 rings (SSSR count). The molecule has 2 nitrogen and oxygen atoms in total. The fourth-order valence-electron chi connectivity index (χ4n) is 2.01. The number of nitrogens with zero attached hydrogens (tertiary/aromatic N) is 2. The Labute approximate surface area is 103 Å². The molecule has 0 amide bonds. The Morgan fingerprint density at radius 2 is 1.88 bits per heavy atom. The Morgan fingerprint density at radius 1 is 1.06 bits per heavy atom. The second-order valence-electron chi connectivity index (χ2n) is 4.41. The van der Waals surface area contributed by atoms with Crippen LogP contribution in [0.5, 0.6) is 0 Å². The number of rotatable bonds is 6. The van der Waals surface area contributed by atoms with Crippen molar-refractivity contribution in [2.75, 3.05) is 0 Å². The minimum Gasteiger partial charge on any atom is -0.272 e. The summed E-state index contributed by atoms with van der Waals surface area (Å²) in [4.78, 5) is 0. The molecule has 0 aliphatic heterocycles. The van der Waals surface area contributed by atoms with E-state index in [1.54, 1.807) is 0 Å². The van der Waals surface area contributed by atoms with Crippen molar-refractivity contribution in [1.29, 1.82) is 0 Å². The molecule has 0 aliphatic rings. The summed E-state index contributed by atoms with van der Waals surface area (Å²) in [7, 11) is 0. The highest BCUT2D eigenvalue weighted by Crippen LogP contribution is 2.05. The van der Waals surface area contributed by atoms with Crippen LogP contribution < -0.4 is 0 Å². The molecule has 0 saturated heterocycles. The SMILES string of the molecule is CCCc1ccn(CCCc2ccccc2)n1. The average Bonchev–Trinajstić information content (AvgIpc) is 2.79. The first-order valence-electron chi connectivity index (χ1n) is 6.44. The van der Waals surface area contributed by atoms with Gasteiger partial charge >= 0.3 is 0 Å². The molecule has 17 heavy (non-hydrogen) atoms. The topological polar surface area (TPSA) is 17.8 Å². The molecule has 0 N–H and O–H groups in total. The van der Waals surface area contributed by atoms with E-state index in [1.807, 2.05) is 0 Å². The maximum Gasteiger partial charge on any atom is 0.0624 e. The van der Waals surface area contributed by atoms with E-state index in [4.69, 9.17) is 0 Å². The van der Waals surface area contributed by atoms with Crippen molar-refractivity contribution in [3.05, 3.63) is 53.9 Å². The lowest BCUT2D eigenvalue weighted by Gasteiger charge is -2.02. The zero-order valence-corrected chi connectivity index (χ0v) is 10.5. The van der Waals surface area contributed by atoms with E-state index in [-0.39, 0.29) is 0 Å². The van der Waals surface area contributed by atoms with E-state index in [1.165, 1.54) is 17.7 Å². The minimum absolute atomic E-state index is 1.01. The summed E-state index contributed by atoms with van der Waals surface area (Å²) in [5, 5.41) is 4.55. The molecule has 0 aliphatic carbocycles. The van der Waals surface area contributed by atoms with Gasteiger partial charge in [0, 0.05) is 12.7 Å². The van der Waals surface area contributed by atoms with Crippen molar-refractivity contribution < 1.29 is 0 Å². The number of hydrogen-bond acceptors (Lipinski definition) is 1. The van der Waals surface area contributed by atoms with Crippen LogP contribution in [-0.2, 0) is 19.4 Å². The van der Waals surface area contributed by atoms with Crippen LogP contribution in [0.3, 0.4) is 0 Å². The van der Waals surface area contributed by atoms with E-state index in [0.717, 1.165) is 25.8 Å². The van der Waals surface area contributed by atoms with Gasteiger partial charge in [-0.05, 0) is 30.9 Å². The number of aryl methyl sites for hydroxylation is 3. The summed E-state index contributed by atoms with van der Waals surface area (Å²) in [5.74, 6) is 0. The van der Waals surface area contributed by atoms with Crippen LogP contribution in [0, 0.1) is 0 Å². The maximum absolute atomic E-state index is 4.55. The molecule has 0 fully saturated rings. The molecular formula is C15H20N2. The fraction of sp³-hybridized carbons (Fsp3) is 0.400. The van der Waals surface area contributed by atoms with Crippen molar-refractivity contribution in [3.8, 4) is 0 Å². The molecule has 0 spiro atoms. The normalized spacial score (nSPS) is 10.6. The Balaban J connectivity index is 1.78. The Kier molecular flexibility index (Phi) is 4.37. The summed E-state index contributed by atoms with van der Waals surface area (Å²) in [5.41, 5.74) is 2.63. The van der Waals surface area contributed by atoms with Crippen LogP contribution in [-0.4, -0.2) is 9.78 Å². The fourth-order valence-corrected chi connectivity index (χ4v) is 2.01. The van der Waals surface area contributed by atoms with Crippen molar-refractivity contribution in [1.82, 2.24) is 9.78 Å². The molecule has 90 valence electrons. The summed E-state index contributed by atoms with van der Waals surface area (Å²) in [6.07, 6.45) is 6.63. The summed E-state index contributed by atoms with van der Waals surface area (Å²) < 4.78 is 2.06. The Hall–Kier alpha value is -1.57. The summed E-state index contributed by atoms with van der Waals surface area (Å²) >= 11 is 0. The predicted octanol–water partition coefficient (Wildman–Crippen LogP) is 3.47. The molecule has 0 radical (unpaired) electrons. The number of hydrogen-bond donors (Lipinski definition) is 0. The second-order valence-corrected chi connectivity index (χ2v) is 4.41. The highest BCUT2D eigenvalue weighted by atomic mass is 15.3. The molecule has 0 bridgehead atoms. The highest BCUT2D eigenvalue weighted by Gasteiger charge is 1.98. The number of aromatic nitrogens is 2. The lowest BCUT2D eigenvalue weighted by atomic mass is 10.1. The third-order valence-electron chi connectivity index (χ3n) is 2.90. The highest BCUT2D eigenvalue weighted by molar-refractivity contribution is 5.14. The van der Waals surface area contributed by atoms with Gasteiger partial charge in [0.15, 0.2) is 0 Å². The first kappa shape index (κ1) is 11.9. The standard InChI is InChI=1S/C15H20N2/c1-2-7-15-11-13-17(16-15)12-6-10-14-8-4-3-5-9-14/h3-5,8-9,11,13H,2,6-7,10,12H2,1H3. The van der Waals surface area contributed by atoms with E-state index in [0.29, 0.717) is 0 Å². The van der Waals surface area contributed by atoms with Gasteiger partial charge in [0.2, 0.25) is 0 Å². The van der Waals surface area contributed by atoms with Gasteiger partial charge in [0.05, 0.1) is 5.69 Å². The number of benzene rings is 1. The van der Waals surface area contributed by atoms with E-state index in [9.17, 15) is 0 Å². The first-order chi connectivity index (χ1) is 8.38. The van der Waals surface area contributed by atoms with Crippen molar-refractivity contribution in [2.45, 2.75) is 39.2 Å². The van der Waals surface area contributed by atoms with Crippen molar-refractivity contribution in [3.63, 3.8) is 0 Å². The Morgan fingerprint density at radius 3 is 2.65 bits per heavy atom. The van der Waals surface area contributed by atoms with E-state index in [2.05, 4.69) is 59.3 Å². The third kappa shape index (κ3) is 3.74. The van der Waals surface area contributed by atoms with Gasteiger partial charge in [0.1, 0.15) is 0 Å². The van der Waals surface area contributed by atoms with Crippen LogP contribution in [0.1, 0.15) is 31.0 Å². The average molecular weight is 228 g/mol. The summed E-state index contributed by atoms with van der Waals surface area (Å²) in [6, 6.07) is 12.8. The smallest absolute Gasteiger partial charge is 0.0624 e. The first-order valence-corrected chi connectivity index (χ1v) is 6.44. The van der Waals surface area contributed by atoms with Gasteiger partial charge in [0.25, 0.3) is 0 Å². The van der Waals surface area contributed by atoms with Crippen molar-refractivity contribution in [2.24, 2.45) is 0 Å². The van der Waals surface area contributed by atoms with Crippen LogP contribution >= 0.6 is 0 Å². The summed E-state index contributed by atoms with van der Waals surface area (Å²) in [6.45, 7) is 3.20. The van der Waals surface area contributed by atoms with Gasteiger partial charge in [-0.3, -0.25) is 4.68 Å². The van der Waals surface area contributed by atoms with Gasteiger partial charge in [-0.25, -0.2) is 0 Å². The zero-order valence-electron chi connectivity index (χ0n) is 10.5. The van der Waals surface area contributed by atoms with Crippen LogP contribution in [0.2, 0.25) is 0 Å². The third-order valence-corrected chi connectivity index (χ3v) is 2.90. The van der Waals surface area contributed by atoms with Crippen LogP contribution in [0.15, 0.2) is 42.6 Å². The molecule has 0 unspecified atom stereocenters. The minimum atomic E-state index is 1.01. The van der Waals surface area contributed by atoms with Gasteiger partial charge < -0.3 is 0 Å². The van der Waals surface area contributed by atoms with E-state index < -0.39 is 0 Å². The van der Waals surface area contributed by atoms with Crippen LogP contribution in [0.4, 0.5) is 0 Å². The molecule has 1 aromatic heterocycles. The quantitative estimate of drug-likeness (QED) is 0.740. The molecule has 0 atom stereocenters. The lowest BCUT2D eigenvalue weighted by Crippen LogP contribution is -2.01. The van der Waals surface area contributed by atoms with Gasteiger partial charge in [-0.1, -0.05) is 43.7 Å². The molecule has 1 heterocycles. The lowest BCUT2D eigenvalue weighted by molar-refractivity contribution is 0.571. The monoisotopic (exact) mass is 228 g/mol. The molecule has 2 aromatic rings. The second kappa shape index (κ2) is 6.24.